The van der Waals surface area contributed by atoms with Gasteiger partial charge in [0, 0.05) is 116 Å². The first-order chi connectivity index (χ1) is 55.4. The quantitative estimate of drug-likeness (QED) is 0.0420. The molecule has 0 amide bonds. The van der Waals surface area contributed by atoms with Crippen molar-refractivity contribution in [2.75, 3.05) is 60.0 Å². The van der Waals surface area contributed by atoms with E-state index in [0.717, 1.165) is 143 Å². The smallest absolute Gasteiger partial charge is 0.495 e. The minimum atomic E-state index is -1.64. The molecule has 0 bridgehead atoms. The second-order valence-electron chi connectivity index (χ2n) is 28.0. The van der Waals surface area contributed by atoms with Crippen LogP contribution < -0.4 is 49.0 Å². The summed E-state index contributed by atoms with van der Waals surface area (Å²) in [5.41, 5.74) is 17.1. The van der Waals surface area contributed by atoms with Crippen LogP contribution in [0.1, 0.15) is 38.8 Å². The number of fused-ring (bicyclic) bond motifs is 8. The molecule has 4 aromatic heterocycles. The number of anilines is 8. The van der Waals surface area contributed by atoms with Gasteiger partial charge in [-0.2, -0.15) is 10.5 Å². The summed E-state index contributed by atoms with van der Waals surface area (Å²) >= 11 is 0. The number of hydrogen-bond donors (Lipinski definition) is 0. The van der Waals surface area contributed by atoms with E-state index in [4.69, 9.17) is 19.5 Å². The summed E-state index contributed by atoms with van der Waals surface area (Å²) in [7, 11) is 3.62. The van der Waals surface area contributed by atoms with Crippen molar-refractivity contribution < 1.29 is 31.5 Å². The van der Waals surface area contributed by atoms with E-state index >= 15 is 13.1 Å². The molecule has 0 aliphatic carbocycles. The summed E-state index contributed by atoms with van der Waals surface area (Å²) in [5.74, 6) is 1.52. The van der Waals surface area contributed by atoms with Gasteiger partial charge >= 0.3 is 26.4 Å². The summed E-state index contributed by atoms with van der Waals surface area (Å²) in [6, 6.07) is 90.4. The molecule has 18 rings (SSSR count). The molecule has 16 aromatic rings. The van der Waals surface area contributed by atoms with Gasteiger partial charge in [0.15, 0.2) is 0 Å². The van der Waals surface area contributed by atoms with Gasteiger partial charge in [-0.05, 0) is 227 Å². The van der Waals surface area contributed by atoms with Crippen molar-refractivity contribution in [2.24, 2.45) is 9.98 Å². The molecule has 0 atom stereocenters. The zero-order valence-corrected chi connectivity index (χ0v) is 62.9. The molecular formula is C94H72B2F3N12O2+2. The van der Waals surface area contributed by atoms with E-state index in [1.54, 1.807) is 53.6 Å². The predicted octanol–water partition coefficient (Wildman–Crippen LogP) is 20.3. The lowest BCUT2D eigenvalue weighted by Crippen LogP contribution is -2.58. The number of halogens is 3. The number of rotatable bonds is 20. The van der Waals surface area contributed by atoms with Gasteiger partial charge in [-0.1, -0.05) is 109 Å². The number of nitriles is 2. The van der Waals surface area contributed by atoms with Gasteiger partial charge in [-0.25, -0.2) is 13.3 Å². The first kappa shape index (κ1) is 70.5. The fourth-order valence-electron chi connectivity index (χ4n) is 16.5. The standard InChI is InChI=1S/C94H72B2F3N12O2/c1-7-104(8-2)65-37-41-69(42-38-65)108(67-33-25-59(26-34-67)63-31-51-89-102-93-77-21-15-19-75-71(73-17-11-13-23-81(73)97)45-49-85(91(75)77)110(93)95-106(89)57-63)83-47-29-61(53-87(83)112-5)79(55-100)80(56-101)62-30-48-84(88(54-62)113-6)109(70-43-39-66(40-44-70)105(9-3)10-4)68-35-27-60(28-36-68)64-32-52-90-103-94-78-22-16-20-76-72(74-18-12-14-24-82(74)98)46-50-86(92(76)78)111(94)96(99)107(90)58-64/h11-54,57-58H,7-10H2,1-6H3/q+2/b80-79+. The average Bonchev–Trinajstić information content (AvgIpc) is 1.60. The number of allylic oxidation sites excluding steroid dienone is 2. The van der Waals surface area contributed by atoms with E-state index in [1.807, 2.05) is 150 Å². The van der Waals surface area contributed by atoms with Gasteiger partial charge in [0.2, 0.25) is 11.0 Å². The summed E-state index contributed by atoms with van der Waals surface area (Å²) in [5, 5.41) is 27.9. The van der Waals surface area contributed by atoms with Gasteiger partial charge in [0.05, 0.1) is 59.9 Å². The molecule has 545 valence electrons. The Balaban J connectivity index is 0.658. The van der Waals surface area contributed by atoms with Crippen molar-refractivity contribution in [3.8, 4) is 68.1 Å². The second-order valence-corrected chi connectivity index (χ2v) is 28.0. The van der Waals surface area contributed by atoms with Crippen LogP contribution in [0.25, 0.3) is 99.0 Å². The molecule has 6 heterocycles. The molecular weight excluding hydrogens is 1410 g/mol. The molecule has 0 unspecified atom stereocenters. The normalized spacial score (nSPS) is 12.2. The number of pyridine rings is 2. The van der Waals surface area contributed by atoms with E-state index in [9.17, 15) is 10.5 Å². The monoisotopic (exact) mass is 1480 g/mol. The number of ether oxygens (including phenoxy) is 2. The van der Waals surface area contributed by atoms with Crippen LogP contribution in [0, 0.1) is 34.3 Å². The molecule has 2 aliphatic rings. The lowest BCUT2D eigenvalue weighted by Gasteiger charge is -2.29. The largest absolute Gasteiger partial charge is 0.727 e. The summed E-state index contributed by atoms with van der Waals surface area (Å²) in [6.45, 7) is 11.9. The molecule has 14 nitrogen and oxygen atoms in total. The van der Waals surface area contributed by atoms with Gasteiger partial charge in [-0.15, -0.1) is 0 Å². The zero-order chi connectivity index (χ0) is 77.3. The Morgan fingerprint density at radius 1 is 0.434 bits per heavy atom. The van der Waals surface area contributed by atoms with Crippen LogP contribution in [0.4, 0.5) is 70.2 Å². The van der Waals surface area contributed by atoms with Crippen molar-refractivity contribution in [1.82, 2.24) is 8.96 Å². The van der Waals surface area contributed by atoms with E-state index in [1.165, 1.54) is 12.1 Å². The minimum Gasteiger partial charge on any atom is -0.495 e. The Hall–Kier alpha value is -14.2. The predicted molar refractivity (Wildman–Crippen MR) is 448 cm³/mol. The highest BCUT2D eigenvalue weighted by Gasteiger charge is 2.41. The van der Waals surface area contributed by atoms with Crippen molar-refractivity contribution >= 4 is 126 Å². The van der Waals surface area contributed by atoms with E-state index in [2.05, 4.69) is 163 Å². The third-order valence-electron chi connectivity index (χ3n) is 22.1. The van der Waals surface area contributed by atoms with Crippen molar-refractivity contribution in [3.05, 3.63) is 313 Å². The van der Waals surface area contributed by atoms with E-state index < -0.39 is 7.26 Å². The third-order valence-corrected chi connectivity index (χ3v) is 22.1. The van der Waals surface area contributed by atoms with E-state index in [-0.39, 0.29) is 22.8 Å². The van der Waals surface area contributed by atoms with Crippen LogP contribution >= 0.6 is 0 Å². The fourth-order valence-corrected chi connectivity index (χ4v) is 16.5. The minimum absolute atomic E-state index is 0.134. The van der Waals surface area contributed by atoms with Crippen molar-refractivity contribution in [2.45, 2.75) is 27.7 Å². The Morgan fingerprint density at radius 3 is 1.33 bits per heavy atom. The maximum atomic E-state index is 17.5. The SMILES string of the molecule is CCN(CC)c1ccc(N(c2ccc(-c3ccc4[n+](c3)[B]n3c(c5cccc6c(-c7ccccc7F)ccc3c65)=N4)cc2)c2ccc(/C(C#N)=C(\C#N)c3ccc(N(c4ccc(-c5ccc6[n+](c5)B(F)n5c(c7cccc8c(-c9ccccc9F)ccc5c87)=N6)cc4)c4ccc(N(CC)CC)cc4)c(OC)c3)cc2OC)cc1. The topological polar surface area (TPSA) is 121 Å². The number of aromatic nitrogens is 4. The highest BCUT2D eigenvalue weighted by molar-refractivity contribution is 6.42. The molecule has 19 heteroatoms. The van der Waals surface area contributed by atoms with Crippen molar-refractivity contribution in [1.29, 1.82) is 10.5 Å². The first-order valence-corrected chi connectivity index (χ1v) is 37.8. The Bertz CT molecular complexity index is 6730. The van der Waals surface area contributed by atoms with Gasteiger partial charge in [0.1, 0.15) is 35.3 Å². The third kappa shape index (κ3) is 12.0. The van der Waals surface area contributed by atoms with Gasteiger partial charge in [-0.3, -0.25) is 13.3 Å². The lowest BCUT2D eigenvalue weighted by atomic mass is 9.95. The van der Waals surface area contributed by atoms with Crippen LogP contribution in [0.2, 0.25) is 0 Å². The van der Waals surface area contributed by atoms with Crippen LogP contribution in [0.15, 0.2) is 289 Å². The fraction of sp³-hybridized carbons (Fsp3) is 0.106. The molecule has 113 heavy (non-hydrogen) atoms. The molecule has 0 N–H and O–H groups in total. The highest BCUT2D eigenvalue weighted by atomic mass is 19.1. The number of benzene rings is 12. The van der Waals surface area contributed by atoms with Crippen LogP contribution in [-0.2, 0) is 0 Å². The summed E-state index contributed by atoms with van der Waals surface area (Å²) in [6.07, 6.45) is 3.88. The van der Waals surface area contributed by atoms with E-state index in [0.29, 0.717) is 61.9 Å². The molecule has 0 fully saturated rings. The number of methoxy groups -OCH3 is 2. The van der Waals surface area contributed by atoms with Gasteiger partial charge < -0.3 is 33.6 Å². The van der Waals surface area contributed by atoms with Gasteiger partial charge in [0.25, 0.3) is 0 Å². The molecule has 2 aliphatic heterocycles. The molecule has 0 saturated heterocycles. The number of nitrogens with zero attached hydrogens (tertiary/aromatic N) is 12. The maximum Gasteiger partial charge on any atom is 0.727 e. The molecule has 0 saturated carbocycles. The van der Waals surface area contributed by atoms with Crippen molar-refractivity contribution in [3.63, 3.8) is 0 Å². The Morgan fingerprint density at radius 2 is 0.850 bits per heavy atom. The molecule has 1 radical (unpaired) electrons. The average molecular weight is 1480 g/mol. The second kappa shape index (κ2) is 29.0. The van der Waals surface area contributed by atoms with Crippen LogP contribution in [0.5, 0.6) is 11.5 Å². The van der Waals surface area contributed by atoms with Crippen LogP contribution in [-0.4, -0.2) is 64.2 Å². The Labute approximate surface area is 652 Å². The highest BCUT2D eigenvalue weighted by Crippen LogP contribution is 2.47. The zero-order valence-electron chi connectivity index (χ0n) is 62.9. The Kier molecular flexibility index (Phi) is 18.1. The molecule has 0 spiro atoms. The summed E-state index contributed by atoms with van der Waals surface area (Å²) < 4.78 is 67.9. The summed E-state index contributed by atoms with van der Waals surface area (Å²) in [4.78, 5) is 19.1. The first-order valence-electron chi connectivity index (χ1n) is 37.8. The lowest BCUT2D eigenvalue weighted by molar-refractivity contribution is -0.535. The maximum absolute atomic E-state index is 17.5. The number of hydrogen-bond acceptors (Lipinski definition) is 10. The van der Waals surface area contributed by atoms with Crippen LogP contribution in [0.3, 0.4) is 0 Å². The molecule has 12 aromatic carbocycles.